The number of hydrazine groups is 1. The van der Waals surface area contributed by atoms with E-state index in [1.54, 1.807) is 6.20 Å². The Kier molecular flexibility index (Phi) is 4.54. The van der Waals surface area contributed by atoms with Crippen LogP contribution in [-0.4, -0.2) is 11.9 Å². The molecule has 3 heterocycles. The molecule has 116 valence electrons. The minimum atomic E-state index is -0.635. The van der Waals surface area contributed by atoms with Crippen molar-refractivity contribution in [3.63, 3.8) is 0 Å². The van der Waals surface area contributed by atoms with E-state index in [1.165, 1.54) is 9.40 Å². The lowest BCUT2D eigenvalue weighted by Crippen LogP contribution is -2.45. The number of carbonyl (C=O) groups excluding carboxylic acids is 1. The molecule has 23 heavy (non-hydrogen) atoms. The van der Waals surface area contributed by atoms with Crippen molar-refractivity contribution >= 4 is 38.7 Å². The number of aliphatic imine (C=N–C) groups is 1. The van der Waals surface area contributed by atoms with Gasteiger partial charge in [0.05, 0.1) is 0 Å². The number of hydrogen-bond donors (Lipinski definition) is 3. The third kappa shape index (κ3) is 4.08. The van der Waals surface area contributed by atoms with Gasteiger partial charge in [0.1, 0.15) is 5.84 Å². The number of amidine groups is 1. The SMILES string of the molecule is NC(=O)NNC1=NC=Cc2ccccc2C1.c1cc2ccc1s2. The van der Waals surface area contributed by atoms with Gasteiger partial charge in [0.25, 0.3) is 0 Å². The average Bonchev–Trinajstić information content (AvgIpc) is 3.14. The third-order valence-corrected chi connectivity index (χ3v) is 4.30. The second-order valence-corrected chi connectivity index (χ2v) is 6.10. The summed E-state index contributed by atoms with van der Waals surface area (Å²) in [6.07, 6.45) is 4.24. The second kappa shape index (κ2) is 6.93. The molecule has 0 saturated heterocycles. The summed E-state index contributed by atoms with van der Waals surface area (Å²) < 4.78 is 2.77. The highest BCUT2D eigenvalue weighted by atomic mass is 32.1. The van der Waals surface area contributed by atoms with Gasteiger partial charge in [-0.05, 0) is 41.5 Å². The smallest absolute Gasteiger partial charge is 0.330 e. The molecule has 0 radical (unpaired) electrons. The lowest BCUT2D eigenvalue weighted by atomic mass is 10.0. The van der Waals surface area contributed by atoms with E-state index in [1.807, 2.05) is 41.7 Å². The molecule has 0 unspecified atom stereocenters. The molecule has 4 N–H and O–H groups in total. The number of amides is 2. The highest BCUT2D eigenvalue weighted by Gasteiger charge is 2.07. The summed E-state index contributed by atoms with van der Waals surface area (Å²) in [5.74, 6) is 0.653. The molecule has 0 saturated carbocycles. The van der Waals surface area contributed by atoms with Crippen LogP contribution in [0.4, 0.5) is 4.79 Å². The van der Waals surface area contributed by atoms with Gasteiger partial charge >= 0.3 is 6.03 Å². The fraction of sp³-hybridized carbons (Fsp3) is 0.0588. The van der Waals surface area contributed by atoms with Gasteiger partial charge in [-0.3, -0.25) is 10.9 Å². The Morgan fingerprint density at radius 3 is 2.39 bits per heavy atom. The van der Waals surface area contributed by atoms with Crippen molar-refractivity contribution in [1.82, 2.24) is 10.9 Å². The van der Waals surface area contributed by atoms with Crippen molar-refractivity contribution in [1.29, 1.82) is 0 Å². The van der Waals surface area contributed by atoms with Crippen LogP contribution in [-0.2, 0) is 6.42 Å². The fourth-order valence-corrected chi connectivity index (χ4v) is 3.03. The molecule has 0 atom stereocenters. The van der Waals surface area contributed by atoms with E-state index in [0.717, 1.165) is 11.1 Å². The quantitative estimate of drug-likeness (QED) is 0.555. The zero-order valence-corrected chi connectivity index (χ0v) is 13.1. The fourth-order valence-electron chi connectivity index (χ4n) is 2.21. The molecule has 3 aromatic rings. The number of hydrogen-bond acceptors (Lipinski definition) is 4. The highest BCUT2D eigenvalue weighted by molar-refractivity contribution is 7.24. The number of nitrogens with one attached hydrogen (secondary N) is 2. The van der Waals surface area contributed by atoms with E-state index in [0.29, 0.717) is 12.3 Å². The van der Waals surface area contributed by atoms with E-state index < -0.39 is 6.03 Å². The van der Waals surface area contributed by atoms with Gasteiger partial charge < -0.3 is 5.73 Å². The van der Waals surface area contributed by atoms with E-state index in [4.69, 9.17) is 5.73 Å². The van der Waals surface area contributed by atoms with Crippen LogP contribution in [0.2, 0.25) is 0 Å². The molecule has 0 fully saturated rings. The van der Waals surface area contributed by atoms with Crippen molar-refractivity contribution < 1.29 is 4.79 Å². The topological polar surface area (TPSA) is 79.5 Å². The Morgan fingerprint density at radius 1 is 1.09 bits per heavy atom. The summed E-state index contributed by atoms with van der Waals surface area (Å²) in [7, 11) is 0. The van der Waals surface area contributed by atoms with Crippen molar-refractivity contribution in [2.24, 2.45) is 10.7 Å². The summed E-state index contributed by atoms with van der Waals surface area (Å²) >= 11 is 1.84. The summed E-state index contributed by atoms with van der Waals surface area (Å²) in [6, 6.07) is 15.9. The highest BCUT2D eigenvalue weighted by Crippen LogP contribution is 2.22. The van der Waals surface area contributed by atoms with Gasteiger partial charge in [0.15, 0.2) is 0 Å². The van der Waals surface area contributed by atoms with E-state index in [2.05, 4.69) is 40.1 Å². The third-order valence-electron chi connectivity index (χ3n) is 3.29. The number of carbonyl (C=O) groups is 1. The number of nitrogens with two attached hydrogens (primary N) is 1. The second-order valence-electron chi connectivity index (χ2n) is 4.95. The van der Waals surface area contributed by atoms with Gasteiger partial charge in [-0.1, -0.05) is 24.3 Å². The zero-order chi connectivity index (χ0) is 16.1. The standard InChI is InChI=1S/C11H12N4O.C6H4S/c12-11(16)15-14-10-7-9-4-2-1-3-8(9)5-6-13-10;1-2-6-4-3-5(1)7-6/h1-6H,7H2,(H,13,14)(H3,12,15,16);1-4H. The van der Waals surface area contributed by atoms with Gasteiger partial charge in [-0.15, -0.1) is 11.3 Å². The first-order valence-corrected chi connectivity index (χ1v) is 7.93. The first kappa shape index (κ1) is 15.1. The summed E-state index contributed by atoms with van der Waals surface area (Å²) in [6.45, 7) is 0. The van der Waals surface area contributed by atoms with Gasteiger partial charge in [0.2, 0.25) is 0 Å². The molecular weight excluding hydrogens is 308 g/mol. The van der Waals surface area contributed by atoms with Crippen LogP contribution < -0.4 is 16.6 Å². The zero-order valence-electron chi connectivity index (χ0n) is 12.3. The minimum Gasteiger partial charge on any atom is -0.350 e. The molecule has 2 amide bonds. The lowest BCUT2D eigenvalue weighted by Gasteiger charge is -2.09. The average molecular weight is 324 g/mol. The van der Waals surface area contributed by atoms with E-state index in [-0.39, 0.29) is 0 Å². The molecule has 4 rings (SSSR count). The van der Waals surface area contributed by atoms with Gasteiger partial charge in [-0.2, -0.15) is 0 Å². The Labute approximate surface area is 137 Å². The van der Waals surface area contributed by atoms with Crippen molar-refractivity contribution in [2.45, 2.75) is 6.42 Å². The van der Waals surface area contributed by atoms with Crippen LogP contribution in [0.3, 0.4) is 0 Å². The van der Waals surface area contributed by atoms with Crippen molar-refractivity contribution in [3.05, 3.63) is 65.9 Å². The monoisotopic (exact) mass is 324 g/mol. The van der Waals surface area contributed by atoms with Crippen LogP contribution in [0.5, 0.6) is 0 Å². The van der Waals surface area contributed by atoms with Crippen LogP contribution in [0.25, 0.3) is 15.5 Å². The van der Waals surface area contributed by atoms with Crippen molar-refractivity contribution in [3.8, 4) is 0 Å². The number of benzene rings is 2. The predicted molar refractivity (Wildman–Crippen MR) is 95.5 cm³/mol. The number of primary amides is 1. The number of urea groups is 1. The van der Waals surface area contributed by atoms with E-state index >= 15 is 0 Å². The normalized spacial score (nSPS) is 12.6. The maximum atomic E-state index is 10.5. The van der Waals surface area contributed by atoms with Gasteiger partial charge in [0, 0.05) is 22.0 Å². The maximum Gasteiger partial charge on any atom is 0.330 e. The molecular formula is C17H16N4OS. The first-order chi connectivity index (χ1) is 11.2. The Bertz CT molecular complexity index is 808. The number of fused-ring (bicyclic) bond motifs is 3. The number of thiophene rings is 2. The molecule has 2 bridgehead atoms. The van der Waals surface area contributed by atoms with Crippen LogP contribution in [0, 0.1) is 0 Å². The minimum absolute atomic E-state index is 0.628. The Balaban J connectivity index is 0.000000183. The largest absolute Gasteiger partial charge is 0.350 e. The summed E-state index contributed by atoms with van der Waals surface area (Å²) in [5.41, 5.74) is 12.2. The van der Waals surface area contributed by atoms with Crippen LogP contribution >= 0.6 is 11.3 Å². The summed E-state index contributed by atoms with van der Waals surface area (Å²) in [4.78, 5) is 14.7. The molecule has 0 spiro atoms. The number of nitrogens with zero attached hydrogens (tertiary/aromatic N) is 1. The molecule has 1 aliphatic rings. The Morgan fingerprint density at radius 2 is 1.78 bits per heavy atom. The van der Waals surface area contributed by atoms with Crippen LogP contribution in [0.1, 0.15) is 11.1 Å². The molecule has 1 aliphatic heterocycles. The van der Waals surface area contributed by atoms with Crippen LogP contribution in [0.15, 0.2) is 59.7 Å². The Hall–Kier alpha value is -2.86. The first-order valence-electron chi connectivity index (χ1n) is 7.11. The molecule has 1 aromatic carbocycles. The molecule has 5 nitrogen and oxygen atoms in total. The molecule has 0 aliphatic carbocycles. The molecule has 2 aromatic heterocycles. The summed E-state index contributed by atoms with van der Waals surface area (Å²) in [5, 5.41) is 0. The van der Waals surface area contributed by atoms with Gasteiger partial charge in [-0.25, -0.2) is 9.79 Å². The van der Waals surface area contributed by atoms with E-state index in [9.17, 15) is 4.79 Å². The van der Waals surface area contributed by atoms with Crippen molar-refractivity contribution in [2.75, 3.05) is 0 Å². The molecule has 6 heteroatoms. The number of rotatable bonds is 0. The predicted octanol–water partition coefficient (Wildman–Crippen LogP) is 3.12. The lowest BCUT2D eigenvalue weighted by molar-refractivity contribution is 0.247. The maximum absolute atomic E-state index is 10.5.